The Morgan fingerprint density at radius 3 is 2.24 bits per heavy atom. The van der Waals surface area contributed by atoms with Gasteiger partial charge in [-0.25, -0.2) is 4.98 Å². The maximum atomic E-state index is 14.8. The topological polar surface area (TPSA) is 169 Å². The van der Waals surface area contributed by atoms with Crippen LogP contribution in [0.5, 0.6) is 5.88 Å². The van der Waals surface area contributed by atoms with E-state index in [4.69, 9.17) is 16.3 Å². The van der Waals surface area contributed by atoms with E-state index < -0.39 is 70.5 Å². The van der Waals surface area contributed by atoms with Crippen molar-refractivity contribution in [2.75, 3.05) is 13.1 Å². The van der Waals surface area contributed by atoms with E-state index in [-0.39, 0.29) is 61.6 Å². The van der Waals surface area contributed by atoms with Crippen LogP contribution < -0.4 is 15.4 Å². The number of hydrogen-bond donors (Lipinski definition) is 2. The molecular formula is C42H61ClN4O8. The van der Waals surface area contributed by atoms with Gasteiger partial charge in [-0.3, -0.25) is 33.6 Å². The van der Waals surface area contributed by atoms with Crippen molar-refractivity contribution in [1.29, 1.82) is 0 Å². The fourth-order valence-electron chi connectivity index (χ4n) is 7.76. The molecule has 3 fully saturated rings. The zero-order valence-electron chi connectivity index (χ0n) is 33.5. The molecule has 304 valence electrons. The van der Waals surface area contributed by atoms with E-state index in [1.165, 1.54) is 11.1 Å². The molecule has 1 aliphatic heterocycles. The van der Waals surface area contributed by atoms with Gasteiger partial charge in [0.2, 0.25) is 29.3 Å². The van der Waals surface area contributed by atoms with Crippen molar-refractivity contribution in [2.45, 2.75) is 143 Å². The van der Waals surface area contributed by atoms with Crippen LogP contribution in [0.2, 0.25) is 5.02 Å². The molecule has 0 radical (unpaired) electrons. The first-order valence-corrected chi connectivity index (χ1v) is 20.7. The summed E-state index contributed by atoms with van der Waals surface area (Å²) in [5.74, 6) is -4.79. The zero-order chi connectivity index (χ0) is 40.4. The number of pyridine rings is 1. The van der Waals surface area contributed by atoms with Gasteiger partial charge in [-0.05, 0) is 61.3 Å². The Balaban J connectivity index is 1.59. The van der Waals surface area contributed by atoms with Crippen LogP contribution >= 0.6 is 11.6 Å². The van der Waals surface area contributed by atoms with Gasteiger partial charge in [0.05, 0.1) is 17.6 Å². The summed E-state index contributed by atoms with van der Waals surface area (Å²) in [6.45, 7) is 11.5. The molecule has 0 spiro atoms. The maximum absolute atomic E-state index is 14.8. The number of ether oxygens (including phenoxy) is 1. The van der Waals surface area contributed by atoms with Crippen LogP contribution in [0.1, 0.15) is 125 Å². The van der Waals surface area contributed by atoms with Crippen LogP contribution in [0.4, 0.5) is 0 Å². The Morgan fingerprint density at radius 2 is 1.65 bits per heavy atom. The van der Waals surface area contributed by atoms with E-state index in [9.17, 15) is 33.6 Å². The molecule has 1 aromatic heterocycles. The molecule has 3 amide bonds. The molecule has 1 saturated heterocycles. The number of likely N-dealkylation sites (tertiary alicyclic amines) is 1. The Labute approximate surface area is 331 Å². The van der Waals surface area contributed by atoms with Gasteiger partial charge in [0.25, 0.3) is 5.91 Å². The van der Waals surface area contributed by atoms with E-state index in [0.29, 0.717) is 24.4 Å². The maximum Gasteiger partial charge on any atom is 0.287 e. The third-order valence-corrected chi connectivity index (χ3v) is 11.3. The normalized spacial score (nSPS) is 20.7. The SMILES string of the molecule is CCC[C@H](CC(=O)[C@@H]1C[C@@H](Oc2ccc(Cl)cn2)CN1C(=O)[C@@H](NC(=O)[C@@H](CC(=O)C(=O)NCC(C)C)C1CCCCC1)C(C)(C)C)C(=O)C(=O)CC1CC1. The summed E-state index contributed by atoms with van der Waals surface area (Å²) in [5.41, 5.74) is -0.831. The van der Waals surface area contributed by atoms with Crippen LogP contribution in [-0.4, -0.2) is 82.0 Å². The molecule has 5 atom stereocenters. The standard InChI is InChI=1S/C42H61ClN4O8/c1-7-11-28(37(51)34(49)18-26-14-15-26)19-33(48)32-20-30(55-36-17-16-29(43)23-44-36)24-47(32)41(54)38(42(4,5)6)46-39(52)31(27-12-9-8-10-13-27)21-35(50)40(53)45-22-25(2)3/h16-17,23,25-28,30-32,38H,7-15,18-22,24H2,1-6H3,(H,45,53)(H,46,52)/t28-,30-,31+,32+,38-/m1/s1. The van der Waals surface area contributed by atoms with E-state index in [1.807, 2.05) is 41.5 Å². The number of ketones is 4. The summed E-state index contributed by atoms with van der Waals surface area (Å²) >= 11 is 6.03. The lowest BCUT2D eigenvalue weighted by atomic mass is 9.76. The Bertz CT molecular complexity index is 1550. The Hall–Kier alpha value is -3.67. The molecule has 2 heterocycles. The summed E-state index contributed by atoms with van der Waals surface area (Å²) in [5, 5.41) is 6.06. The minimum Gasteiger partial charge on any atom is -0.472 e. The van der Waals surface area contributed by atoms with Crippen molar-refractivity contribution in [3.05, 3.63) is 23.4 Å². The van der Waals surface area contributed by atoms with Crippen molar-refractivity contribution in [3.63, 3.8) is 0 Å². The lowest BCUT2D eigenvalue weighted by Crippen LogP contribution is -2.58. The lowest BCUT2D eigenvalue weighted by molar-refractivity contribution is -0.146. The van der Waals surface area contributed by atoms with E-state index in [0.717, 1.165) is 44.9 Å². The van der Waals surface area contributed by atoms with E-state index >= 15 is 0 Å². The van der Waals surface area contributed by atoms with Gasteiger partial charge in [-0.2, -0.15) is 0 Å². The number of halogens is 1. The van der Waals surface area contributed by atoms with Gasteiger partial charge in [0.15, 0.2) is 11.6 Å². The van der Waals surface area contributed by atoms with Crippen LogP contribution in [0.15, 0.2) is 18.3 Å². The number of carbonyl (C=O) groups is 7. The fraction of sp³-hybridized carbons (Fsp3) is 0.714. The molecule has 1 aromatic rings. The van der Waals surface area contributed by atoms with Crippen molar-refractivity contribution in [3.8, 4) is 5.88 Å². The molecule has 2 aliphatic carbocycles. The number of aromatic nitrogens is 1. The van der Waals surface area contributed by atoms with Gasteiger partial charge in [0, 0.05) is 56.3 Å². The molecule has 0 bridgehead atoms. The third kappa shape index (κ3) is 12.9. The minimum absolute atomic E-state index is 0.00948. The summed E-state index contributed by atoms with van der Waals surface area (Å²) in [6, 6.07) is 1.12. The molecule has 3 aliphatic rings. The third-order valence-electron chi connectivity index (χ3n) is 11.1. The van der Waals surface area contributed by atoms with E-state index in [2.05, 4.69) is 15.6 Å². The highest BCUT2D eigenvalue weighted by Gasteiger charge is 2.47. The highest BCUT2D eigenvalue weighted by molar-refractivity contribution is 6.38. The first kappa shape index (κ1) is 44.0. The summed E-state index contributed by atoms with van der Waals surface area (Å²) in [7, 11) is 0. The second-order valence-electron chi connectivity index (χ2n) is 17.4. The van der Waals surface area contributed by atoms with Gasteiger partial charge in [0.1, 0.15) is 12.1 Å². The Morgan fingerprint density at radius 1 is 0.964 bits per heavy atom. The molecular weight excluding hydrogens is 724 g/mol. The summed E-state index contributed by atoms with van der Waals surface area (Å²) in [6.07, 6.45) is 7.76. The van der Waals surface area contributed by atoms with E-state index in [1.54, 1.807) is 12.1 Å². The second kappa shape index (κ2) is 20.0. The summed E-state index contributed by atoms with van der Waals surface area (Å²) in [4.78, 5) is 101. The monoisotopic (exact) mass is 784 g/mol. The first-order valence-electron chi connectivity index (χ1n) is 20.3. The van der Waals surface area contributed by atoms with Gasteiger partial charge in [-0.15, -0.1) is 0 Å². The molecule has 0 unspecified atom stereocenters. The number of Topliss-reactive ketones (excluding diaryl/α,β-unsaturated/α-hetero) is 4. The predicted molar refractivity (Wildman–Crippen MR) is 208 cm³/mol. The number of nitrogens with zero attached hydrogens (tertiary/aromatic N) is 2. The Kier molecular flexibility index (Phi) is 16.0. The van der Waals surface area contributed by atoms with Crippen molar-refractivity contribution in [1.82, 2.24) is 20.5 Å². The highest BCUT2D eigenvalue weighted by atomic mass is 35.5. The molecule has 12 nitrogen and oxygen atoms in total. The number of rotatable bonds is 20. The molecule has 2 saturated carbocycles. The van der Waals surface area contributed by atoms with Gasteiger partial charge < -0.3 is 20.3 Å². The van der Waals surface area contributed by atoms with Crippen molar-refractivity contribution >= 4 is 52.5 Å². The molecule has 2 N–H and O–H groups in total. The molecule has 55 heavy (non-hydrogen) atoms. The number of nitrogens with one attached hydrogen (secondary N) is 2. The zero-order valence-corrected chi connectivity index (χ0v) is 34.3. The lowest BCUT2D eigenvalue weighted by Gasteiger charge is -2.37. The quantitative estimate of drug-likeness (QED) is 0.154. The van der Waals surface area contributed by atoms with Gasteiger partial charge in [-0.1, -0.05) is 78.8 Å². The van der Waals surface area contributed by atoms with Crippen molar-refractivity contribution in [2.24, 2.45) is 35.0 Å². The largest absolute Gasteiger partial charge is 0.472 e. The van der Waals surface area contributed by atoms with Crippen LogP contribution in [0, 0.1) is 35.0 Å². The second-order valence-corrected chi connectivity index (χ2v) is 17.9. The van der Waals surface area contributed by atoms with Gasteiger partial charge >= 0.3 is 0 Å². The number of carbonyl (C=O) groups excluding carboxylic acids is 7. The summed E-state index contributed by atoms with van der Waals surface area (Å²) < 4.78 is 6.15. The average molecular weight is 785 g/mol. The van der Waals surface area contributed by atoms with Crippen LogP contribution in [0.25, 0.3) is 0 Å². The van der Waals surface area contributed by atoms with Crippen molar-refractivity contribution < 1.29 is 38.3 Å². The number of hydrogen-bond acceptors (Lipinski definition) is 9. The first-order chi connectivity index (χ1) is 26.0. The molecule has 0 aromatic carbocycles. The minimum atomic E-state index is -1.10. The molecule has 13 heteroatoms. The molecule has 4 rings (SSSR count). The average Bonchev–Trinajstić information content (AvgIpc) is 3.86. The van der Waals surface area contributed by atoms with Crippen LogP contribution in [0.3, 0.4) is 0 Å². The predicted octanol–water partition coefficient (Wildman–Crippen LogP) is 5.86. The smallest absolute Gasteiger partial charge is 0.287 e. The highest BCUT2D eigenvalue weighted by Crippen LogP contribution is 2.35. The van der Waals surface area contributed by atoms with Crippen LogP contribution in [-0.2, 0) is 33.6 Å². The fourth-order valence-corrected chi connectivity index (χ4v) is 7.87. The number of amides is 3.